The SMILES string of the molecule is CNc1cc(Nc2cccn(-c3ccc(CCN4CCOCC4)cc3)c2=O)nc2c(C(=O)N[C@H]3C[C@H]3F)cnn12. The predicted octanol–water partition coefficient (Wildman–Crippen LogP) is 2.38. The van der Waals surface area contributed by atoms with E-state index in [4.69, 9.17) is 4.74 Å². The molecule has 3 aromatic heterocycles. The van der Waals surface area contributed by atoms with Crippen LogP contribution in [0, 0.1) is 0 Å². The predicted molar refractivity (Wildman–Crippen MR) is 150 cm³/mol. The van der Waals surface area contributed by atoms with Crippen molar-refractivity contribution >= 4 is 28.9 Å². The number of morpholine rings is 1. The van der Waals surface area contributed by atoms with Gasteiger partial charge >= 0.3 is 0 Å². The number of nitrogens with one attached hydrogen (secondary N) is 3. The van der Waals surface area contributed by atoms with E-state index in [0.29, 0.717) is 23.7 Å². The molecular formula is C28H31FN8O3. The van der Waals surface area contributed by atoms with Crippen molar-refractivity contribution in [2.45, 2.75) is 25.1 Å². The van der Waals surface area contributed by atoms with Crippen molar-refractivity contribution in [3.05, 3.63) is 76.3 Å². The zero-order chi connectivity index (χ0) is 27.6. The Kier molecular flexibility index (Phi) is 7.18. The van der Waals surface area contributed by atoms with Crippen LogP contribution < -0.4 is 21.5 Å². The molecule has 1 aliphatic heterocycles. The molecule has 4 aromatic rings. The Morgan fingerprint density at radius 3 is 2.67 bits per heavy atom. The maximum atomic E-state index is 13.4. The first-order chi connectivity index (χ1) is 19.5. The molecule has 0 spiro atoms. The van der Waals surface area contributed by atoms with Gasteiger partial charge in [-0.25, -0.2) is 9.37 Å². The van der Waals surface area contributed by atoms with Crippen molar-refractivity contribution in [3.8, 4) is 5.69 Å². The Balaban J connectivity index is 1.22. The van der Waals surface area contributed by atoms with Crippen LogP contribution in [0.25, 0.3) is 11.3 Å². The number of halogens is 1. The number of hydrogen-bond donors (Lipinski definition) is 3. The topological polar surface area (TPSA) is 118 Å². The number of carbonyl (C=O) groups is 1. The molecule has 6 rings (SSSR count). The summed E-state index contributed by atoms with van der Waals surface area (Å²) in [6.07, 6.45) is 3.35. The standard InChI is InChI=1S/C28H31FN8O3/c1-30-25-16-24(34-26-20(17-31-37(25)26)27(38)33-23-15-21(23)29)32-22-3-2-9-36(28(22)39)19-6-4-18(5-7-19)8-10-35-11-13-40-14-12-35/h2-7,9,16-17,21,23,30H,8,10-15H2,1H3,(H,32,34)(H,33,38)/t21-,23+/m1/s1. The number of carbonyl (C=O) groups excluding carboxylic acids is 1. The largest absolute Gasteiger partial charge is 0.379 e. The maximum absolute atomic E-state index is 13.4. The normalized spacial score (nSPS) is 18.9. The van der Waals surface area contributed by atoms with Gasteiger partial charge in [0.2, 0.25) is 0 Å². The van der Waals surface area contributed by atoms with Crippen LogP contribution in [0.15, 0.2) is 59.7 Å². The fourth-order valence-corrected chi connectivity index (χ4v) is 4.79. The van der Waals surface area contributed by atoms with E-state index in [0.717, 1.165) is 45.0 Å². The molecule has 1 amide bonds. The van der Waals surface area contributed by atoms with Crippen molar-refractivity contribution in [1.29, 1.82) is 0 Å². The van der Waals surface area contributed by atoms with Crippen LogP contribution in [-0.2, 0) is 11.2 Å². The fraction of sp³-hybridized carbons (Fsp3) is 0.357. The van der Waals surface area contributed by atoms with Gasteiger partial charge in [0.15, 0.2) is 5.65 Å². The van der Waals surface area contributed by atoms with E-state index in [9.17, 15) is 14.0 Å². The molecule has 0 unspecified atom stereocenters. The van der Waals surface area contributed by atoms with Gasteiger partial charge in [0.05, 0.1) is 25.5 Å². The minimum atomic E-state index is -1.02. The van der Waals surface area contributed by atoms with Gasteiger partial charge in [0.25, 0.3) is 11.5 Å². The highest BCUT2D eigenvalue weighted by molar-refractivity contribution is 6.00. The Morgan fingerprint density at radius 2 is 1.95 bits per heavy atom. The minimum absolute atomic E-state index is 0.221. The van der Waals surface area contributed by atoms with Gasteiger partial charge in [0.1, 0.15) is 29.1 Å². The number of alkyl halides is 1. The lowest BCUT2D eigenvalue weighted by atomic mass is 10.1. The van der Waals surface area contributed by atoms with Gasteiger partial charge in [0, 0.05) is 51.1 Å². The summed E-state index contributed by atoms with van der Waals surface area (Å²) < 4.78 is 21.8. The van der Waals surface area contributed by atoms with Crippen LogP contribution in [0.2, 0.25) is 0 Å². The molecular weight excluding hydrogens is 515 g/mol. The number of rotatable bonds is 9. The van der Waals surface area contributed by atoms with Gasteiger partial charge in [-0.05, 0) is 36.2 Å². The Labute approximate surface area is 230 Å². The number of ether oxygens (including phenoxy) is 1. The molecule has 12 heteroatoms. The molecule has 208 valence electrons. The average Bonchev–Trinajstić information content (AvgIpc) is 3.49. The van der Waals surface area contributed by atoms with Crippen LogP contribution in [0.3, 0.4) is 0 Å². The van der Waals surface area contributed by atoms with Crippen LogP contribution in [-0.4, -0.2) is 82.1 Å². The quantitative estimate of drug-likeness (QED) is 0.293. The number of fused-ring (bicyclic) bond motifs is 1. The number of nitrogens with zero attached hydrogens (tertiary/aromatic N) is 5. The third-order valence-corrected chi connectivity index (χ3v) is 7.25. The van der Waals surface area contributed by atoms with Gasteiger partial charge < -0.3 is 20.7 Å². The zero-order valence-corrected chi connectivity index (χ0v) is 22.1. The number of benzene rings is 1. The number of pyridine rings is 1. The molecule has 4 heterocycles. The van der Waals surface area contributed by atoms with Crippen LogP contribution in [0.4, 0.5) is 21.7 Å². The Morgan fingerprint density at radius 1 is 1.18 bits per heavy atom. The van der Waals surface area contributed by atoms with E-state index in [2.05, 4.69) is 43.1 Å². The van der Waals surface area contributed by atoms with E-state index in [1.54, 1.807) is 36.0 Å². The molecule has 40 heavy (non-hydrogen) atoms. The fourth-order valence-electron chi connectivity index (χ4n) is 4.79. The monoisotopic (exact) mass is 546 g/mol. The van der Waals surface area contributed by atoms with E-state index < -0.39 is 18.1 Å². The first-order valence-electron chi connectivity index (χ1n) is 13.4. The summed E-state index contributed by atoms with van der Waals surface area (Å²) >= 11 is 0. The summed E-state index contributed by atoms with van der Waals surface area (Å²) in [5.41, 5.74) is 2.54. The smallest absolute Gasteiger partial charge is 0.278 e. The maximum Gasteiger partial charge on any atom is 0.278 e. The van der Waals surface area contributed by atoms with Crippen LogP contribution in [0.1, 0.15) is 22.3 Å². The van der Waals surface area contributed by atoms with Crippen molar-refractivity contribution in [2.24, 2.45) is 0 Å². The lowest BCUT2D eigenvalue weighted by Crippen LogP contribution is -2.37. The third kappa shape index (κ3) is 5.40. The number of aromatic nitrogens is 4. The van der Waals surface area contributed by atoms with Gasteiger partial charge in [-0.1, -0.05) is 12.1 Å². The lowest BCUT2D eigenvalue weighted by Gasteiger charge is -2.26. The second kappa shape index (κ2) is 11.1. The molecule has 0 bridgehead atoms. The number of amides is 1. The number of hydrogen-bond acceptors (Lipinski definition) is 8. The molecule has 2 fully saturated rings. The molecule has 1 saturated heterocycles. The molecule has 0 radical (unpaired) electrons. The molecule has 1 aromatic carbocycles. The molecule has 11 nitrogen and oxygen atoms in total. The first-order valence-corrected chi connectivity index (χ1v) is 13.4. The van der Waals surface area contributed by atoms with Crippen molar-refractivity contribution in [3.63, 3.8) is 0 Å². The second-order valence-corrected chi connectivity index (χ2v) is 9.99. The van der Waals surface area contributed by atoms with E-state index >= 15 is 0 Å². The molecule has 2 atom stereocenters. The van der Waals surface area contributed by atoms with Gasteiger partial charge in [-0.3, -0.25) is 19.1 Å². The average molecular weight is 547 g/mol. The van der Waals surface area contributed by atoms with E-state index in [1.807, 2.05) is 12.1 Å². The van der Waals surface area contributed by atoms with Gasteiger partial charge in [-0.15, -0.1) is 0 Å². The summed E-state index contributed by atoms with van der Waals surface area (Å²) in [5, 5.41) is 13.1. The first kappa shape index (κ1) is 26.0. The molecule has 3 N–H and O–H groups in total. The summed E-state index contributed by atoms with van der Waals surface area (Å²) in [6.45, 7) is 4.46. The van der Waals surface area contributed by atoms with Crippen molar-refractivity contribution in [2.75, 3.05) is 50.5 Å². The van der Waals surface area contributed by atoms with E-state index in [-0.39, 0.29) is 16.8 Å². The summed E-state index contributed by atoms with van der Waals surface area (Å²) in [4.78, 5) is 33.1. The van der Waals surface area contributed by atoms with E-state index in [1.165, 1.54) is 16.3 Å². The summed E-state index contributed by atoms with van der Waals surface area (Å²) in [5.74, 6) is 0.474. The Bertz CT molecular complexity index is 1580. The molecule has 1 aliphatic carbocycles. The van der Waals surface area contributed by atoms with Crippen LogP contribution in [0.5, 0.6) is 0 Å². The van der Waals surface area contributed by atoms with Crippen LogP contribution >= 0.6 is 0 Å². The minimum Gasteiger partial charge on any atom is -0.379 e. The second-order valence-electron chi connectivity index (χ2n) is 9.99. The molecule has 1 saturated carbocycles. The molecule has 2 aliphatic rings. The van der Waals surface area contributed by atoms with Crippen molar-refractivity contribution in [1.82, 2.24) is 29.4 Å². The number of anilines is 3. The highest BCUT2D eigenvalue weighted by Crippen LogP contribution is 2.26. The highest BCUT2D eigenvalue weighted by Gasteiger charge is 2.39. The van der Waals surface area contributed by atoms with Crippen molar-refractivity contribution < 1.29 is 13.9 Å². The highest BCUT2D eigenvalue weighted by atomic mass is 19.1. The lowest BCUT2D eigenvalue weighted by molar-refractivity contribution is 0.0384. The van der Waals surface area contributed by atoms with Gasteiger partial charge in [-0.2, -0.15) is 9.61 Å². The zero-order valence-electron chi connectivity index (χ0n) is 22.1. The third-order valence-electron chi connectivity index (χ3n) is 7.25. The Hall–Kier alpha value is -4.29. The summed E-state index contributed by atoms with van der Waals surface area (Å²) in [7, 11) is 1.72. The summed E-state index contributed by atoms with van der Waals surface area (Å²) in [6, 6.07) is 12.7.